The molecule has 2 aliphatic rings. The number of hydrogen-bond acceptors (Lipinski definition) is 4. The van der Waals surface area contributed by atoms with Gasteiger partial charge in [0.15, 0.2) is 0 Å². The standard InChI is InChI=1S/C14H29N3O/c1-16-8-3-6-14(12-15,7-9-16)17(10-11-18-2)13-4-5-13/h13H,3-12,15H2,1-2H3. The summed E-state index contributed by atoms with van der Waals surface area (Å²) < 4.78 is 5.29. The molecule has 106 valence electrons. The fourth-order valence-electron chi connectivity index (χ4n) is 3.31. The molecule has 2 rings (SSSR count). The van der Waals surface area contributed by atoms with Crippen molar-refractivity contribution in [1.82, 2.24) is 9.80 Å². The van der Waals surface area contributed by atoms with Gasteiger partial charge in [-0.25, -0.2) is 0 Å². The maximum atomic E-state index is 6.19. The summed E-state index contributed by atoms with van der Waals surface area (Å²) in [5.74, 6) is 0. The number of methoxy groups -OCH3 is 1. The summed E-state index contributed by atoms with van der Waals surface area (Å²) in [6.45, 7) is 5.05. The van der Waals surface area contributed by atoms with Gasteiger partial charge < -0.3 is 15.4 Å². The molecule has 1 saturated heterocycles. The molecule has 4 heteroatoms. The van der Waals surface area contributed by atoms with Gasteiger partial charge in [-0.15, -0.1) is 0 Å². The fraction of sp³-hybridized carbons (Fsp3) is 1.00. The SMILES string of the molecule is COCCN(C1CC1)C1(CN)CCCN(C)CC1. The van der Waals surface area contributed by atoms with E-state index in [2.05, 4.69) is 16.8 Å². The van der Waals surface area contributed by atoms with Crippen LogP contribution in [0.25, 0.3) is 0 Å². The predicted octanol–water partition coefficient (Wildman–Crippen LogP) is 0.910. The molecule has 0 radical (unpaired) electrons. The number of nitrogens with two attached hydrogens (primary N) is 1. The van der Waals surface area contributed by atoms with Crippen LogP contribution in [0.1, 0.15) is 32.1 Å². The second-order valence-electron chi connectivity index (χ2n) is 6.00. The summed E-state index contributed by atoms with van der Waals surface area (Å²) >= 11 is 0. The van der Waals surface area contributed by atoms with E-state index in [4.69, 9.17) is 10.5 Å². The lowest BCUT2D eigenvalue weighted by Gasteiger charge is -2.43. The Kier molecular flexibility index (Phi) is 5.01. The van der Waals surface area contributed by atoms with Gasteiger partial charge in [0.1, 0.15) is 0 Å². The van der Waals surface area contributed by atoms with E-state index in [0.717, 1.165) is 25.7 Å². The highest BCUT2D eigenvalue weighted by Gasteiger charge is 2.43. The zero-order valence-corrected chi connectivity index (χ0v) is 12.0. The minimum atomic E-state index is 0.227. The van der Waals surface area contributed by atoms with E-state index in [1.807, 2.05) is 0 Å². The van der Waals surface area contributed by atoms with E-state index in [1.165, 1.54) is 45.2 Å². The third-order valence-electron chi connectivity index (χ3n) is 4.65. The Bertz CT molecular complexity index is 257. The minimum absolute atomic E-state index is 0.227. The third-order valence-corrected chi connectivity index (χ3v) is 4.65. The number of hydrogen-bond donors (Lipinski definition) is 1. The molecule has 1 heterocycles. The molecule has 0 aromatic rings. The van der Waals surface area contributed by atoms with Crippen molar-refractivity contribution < 1.29 is 4.74 Å². The molecule has 0 bridgehead atoms. The van der Waals surface area contributed by atoms with Crippen LogP contribution in [0.5, 0.6) is 0 Å². The third kappa shape index (κ3) is 3.23. The fourth-order valence-corrected chi connectivity index (χ4v) is 3.31. The van der Waals surface area contributed by atoms with Crippen LogP contribution in [-0.2, 0) is 4.74 Å². The number of nitrogens with zero attached hydrogens (tertiary/aromatic N) is 2. The highest BCUT2D eigenvalue weighted by atomic mass is 16.5. The van der Waals surface area contributed by atoms with Gasteiger partial charge in [0.05, 0.1) is 6.61 Å². The Balaban J connectivity index is 2.06. The normalized spacial score (nSPS) is 30.7. The Morgan fingerprint density at radius 3 is 2.72 bits per heavy atom. The molecule has 2 N–H and O–H groups in total. The van der Waals surface area contributed by atoms with Crippen molar-refractivity contribution in [2.75, 3.05) is 46.9 Å². The summed E-state index contributed by atoms with van der Waals surface area (Å²) in [7, 11) is 4.02. The van der Waals surface area contributed by atoms with Gasteiger partial charge in [0.2, 0.25) is 0 Å². The first-order chi connectivity index (χ1) is 8.72. The zero-order chi connectivity index (χ0) is 13.0. The van der Waals surface area contributed by atoms with Gasteiger partial charge >= 0.3 is 0 Å². The number of likely N-dealkylation sites (tertiary alicyclic amines) is 1. The second-order valence-corrected chi connectivity index (χ2v) is 6.00. The molecule has 1 aliphatic heterocycles. The van der Waals surface area contributed by atoms with Crippen LogP contribution in [0.3, 0.4) is 0 Å². The summed E-state index contributed by atoms with van der Waals surface area (Å²) in [6, 6.07) is 0.770. The van der Waals surface area contributed by atoms with E-state index in [0.29, 0.717) is 0 Å². The van der Waals surface area contributed by atoms with Crippen LogP contribution >= 0.6 is 0 Å². The summed E-state index contributed by atoms with van der Waals surface area (Å²) in [6.07, 6.45) is 6.42. The first-order valence-electron chi connectivity index (χ1n) is 7.36. The minimum Gasteiger partial charge on any atom is -0.383 e. The van der Waals surface area contributed by atoms with Gasteiger partial charge in [-0.3, -0.25) is 4.90 Å². The lowest BCUT2D eigenvalue weighted by Crippen LogP contribution is -2.56. The largest absolute Gasteiger partial charge is 0.383 e. The molecule has 1 saturated carbocycles. The topological polar surface area (TPSA) is 41.7 Å². The van der Waals surface area contributed by atoms with Crippen molar-refractivity contribution in [2.24, 2.45) is 5.73 Å². The first kappa shape index (κ1) is 14.3. The number of rotatable bonds is 6. The molecule has 0 spiro atoms. The molecule has 18 heavy (non-hydrogen) atoms. The molecule has 0 aromatic carbocycles. The lowest BCUT2D eigenvalue weighted by molar-refractivity contribution is 0.0421. The summed E-state index contributed by atoms with van der Waals surface area (Å²) in [4.78, 5) is 5.12. The first-order valence-corrected chi connectivity index (χ1v) is 7.36. The average molecular weight is 255 g/mol. The highest BCUT2D eigenvalue weighted by Crippen LogP contribution is 2.37. The quantitative estimate of drug-likeness (QED) is 0.766. The molecular weight excluding hydrogens is 226 g/mol. The molecule has 1 aliphatic carbocycles. The van der Waals surface area contributed by atoms with Crippen LogP contribution in [0.2, 0.25) is 0 Å². The molecule has 4 nitrogen and oxygen atoms in total. The Morgan fingerprint density at radius 1 is 1.33 bits per heavy atom. The number of ether oxygens (including phenoxy) is 1. The van der Waals surface area contributed by atoms with Crippen LogP contribution in [0, 0.1) is 0 Å². The maximum absolute atomic E-state index is 6.19. The van der Waals surface area contributed by atoms with E-state index < -0.39 is 0 Å². The molecule has 2 fully saturated rings. The van der Waals surface area contributed by atoms with Crippen molar-refractivity contribution >= 4 is 0 Å². The van der Waals surface area contributed by atoms with E-state index in [9.17, 15) is 0 Å². The maximum Gasteiger partial charge on any atom is 0.0590 e. The van der Waals surface area contributed by atoms with Crippen molar-refractivity contribution in [2.45, 2.75) is 43.7 Å². The van der Waals surface area contributed by atoms with Gasteiger partial charge in [-0.05, 0) is 52.2 Å². The lowest BCUT2D eigenvalue weighted by atomic mass is 9.88. The monoisotopic (exact) mass is 255 g/mol. The van der Waals surface area contributed by atoms with Gasteiger partial charge in [0.25, 0.3) is 0 Å². The van der Waals surface area contributed by atoms with Crippen molar-refractivity contribution in [3.05, 3.63) is 0 Å². The summed E-state index contributed by atoms with van der Waals surface area (Å²) in [5.41, 5.74) is 6.42. The van der Waals surface area contributed by atoms with Crippen molar-refractivity contribution in [3.8, 4) is 0 Å². The molecule has 1 unspecified atom stereocenters. The van der Waals surface area contributed by atoms with Crippen LogP contribution in [-0.4, -0.2) is 68.3 Å². The van der Waals surface area contributed by atoms with Gasteiger partial charge in [-0.1, -0.05) is 0 Å². The Labute approximate surface area is 111 Å². The van der Waals surface area contributed by atoms with Crippen molar-refractivity contribution in [3.63, 3.8) is 0 Å². The Morgan fingerprint density at radius 2 is 2.11 bits per heavy atom. The van der Waals surface area contributed by atoms with Gasteiger partial charge in [0, 0.05) is 31.8 Å². The van der Waals surface area contributed by atoms with Crippen LogP contribution in [0.4, 0.5) is 0 Å². The van der Waals surface area contributed by atoms with Gasteiger partial charge in [-0.2, -0.15) is 0 Å². The van der Waals surface area contributed by atoms with Crippen LogP contribution in [0.15, 0.2) is 0 Å². The van der Waals surface area contributed by atoms with E-state index in [1.54, 1.807) is 7.11 Å². The second kappa shape index (κ2) is 6.33. The van der Waals surface area contributed by atoms with E-state index >= 15 is 0 Å². The summed E-state index contributed by atoms with van der Waals surface area (Å²) in [5, 5.41) is 0. The van der Waals surface area contributed by atoms with Crippen LogP contribution < -0.4 is 5.73 Å². The molecule has 1 atom stereocenters. The predicted molar refractivity (Wildman–Crippen MR) is 74.7 cm³/mol. The molecular formula is C14H29N3O. The Hall–Kier alpha value is -0.160. The zero-order valence-electron chi connectivity index (χ0n) is 12.0. The smallest absolute Gasteiger partial charge is 0.0590 e. The molecule has 0 amide bonds. The average Bonchev–Trinajstić information content (AvgIpc) is 3.19. The molecule has 0 aromatic heterocycles. The van der Waals surface area contributed by atoms with Crippen molar-refractivity contribution in [1.29, 1.82) is 0 Å². The van der Waals surface area contributed by atoms with E-state index in [-0.39, 0.29) is 5.54 Å². The highest BCUT2D eigenvalue weighted by molar-refractivity contribution is 5.00.